The standard InChI is InChI=1S/C13H27NO2/c1-12(2,15)9-10-16-11-13(14)7-5-3-4-6-8-13/h15H,3-11,14H2,1-2H3. The van der Waals surface area contributed by atoms with Gasteiger partial charge in [0.2, 0.25) is 0 Å². The predicted octanol–water partition coefficient (Wildman–Crippen LogP) is 2.22. The van der Waals surface area contributed by atoms with Crippen LogP contribution >= 0.6 is 0 Å². The van der Waals surface area contributed by atoms with Crippen molar-refractivity contribution in [2.75, 3.05) is 13.2 Å². The van der Waals surface area contributed by atoms with E-state index in [9.17, 15) is 5.11 Å². The van der Waals surface area contributed by atoms with Gasteiger partial charge in [0.25, 0.3) is 0 Å². The van der Waals surface area contributed by atoms with Gasteiger partial charge in [0.05, 0.1) is 12.2 Å². The zero-order valence-electron chi connectivity index (χ0n) is 10.8. The van der Waals surface area contributed by atoms with E-state index in [4.69, 9.17) is 10.5 Å². The molecule has 0 spiro atoms. The van der Waals surface area contributed by atoms with E-state index in [2.05, 4.69) is 0 Å². The molecule has 3 nitrogen and oxygen atoms in total. The molecule has 0 aromatic carbocycles. The lowest BCUT2D eigenvalue weighted by atomic mass is 9.92. The third-order valence-electron chi connectivity index (χ3n) is 3.35. The summed E-state index contributed by atoms with van der Waals surface area (Å²) >= 11 is 0. The maximum atomic E-state index is 9.55. The van der Waals surface area contributed by atoms with Gasteiger partial charge in [-0.3, -0.25) is 0 Å². The van der Waals surface area contributed by atoms with Gasteiger partial charge in [-0.1, -0.05) is 25.7 Å². The topological polar surface area (TPSA) is 55.5 Å². The Bertz CT molecular complexity index is 191. The number of aliphatic hydroxyl groups is 1. The Morgan fingerprint density at radius 1 is 1.19 bits per heavy atom. The molecule has 0 amide bonds. The predicted molar refractivity (Wildman–Crippen MR) is 66.4 cm³/mol. The maximum Gasteiger partial charge on any atom is 0.0646 e. The van der Waals surface area contributed by atoms with Crippen LogP contribution < -0.4 is 5.73 Å². The van der Waals surface area contributed by atoms with Gasteiger partial charge in [-0.05, 0) is 33.1 Å². The summed E-state index contributed by atoms with van der Waals surface area (Å²) in [5.41, 5.74) is 5.57. The molecule has 0 heterocycles. The van der Waals surface area contributed by atoms with E-state index in [0.29, 0.717) is 19.6 Å². The molecule has 96 valence electrons. The largest absolute Gasteiger partial charge is 0.390 e. The molecule has 0 atom stereocenters. The Kier molecular flexibility index (Phi) is 5.22. The molecule has 0 aromatic rings. The van der Waals surface area contributed by atoms with Crippen molar-refractivity contribution in [3.63, 3.8) is 0 Å². The van der Waals surface area contributed by atoms with Gasteiger partial charge < -0.3 is 15.6 Å². The second-order valence-electron chi connectivity index (χ2n) is 5.89. The minimum Gasteiger partial charge on any atom is -0.390 e. The van der Waals surface area contributed by atoms with Crippen molar-refractivity contribution in [1.29, 1.82) is 0 Å². The molecule has 1 aliphatic carbocycles. The van der Waals surface area contributed by atoms with Crippen LogP contribution in [-0.4, -0.2) is 29.5 Å². The highest BCUT2D eigenvalue weighted by Gasteiger charge is 2.26. The van der Waals surface area contributed by atoms with E-state index in [1.165, 1.54) is 25.7 Å². The van der Waals surface area contributed by atoms with E-state index < -0.39 is 5.60 Å². The number of rotatable bonds is 5. The van der Waals surface area contributed by atoms with Gasteiger partial charge in [-0.25, -0.2) is 0 Å². The van der Waals surface area contributed by atoms with Crippen LogP contribution in [0.1, 0.15) is 58.8 Å². The van der Waals surface area contributed by atoms with Gasteiger partial charge in [0.15, 0.2) is 0 Å². The number of hydrogen-bond donors (Lipinski definition) is 2. The summed E-state index contributed by atoms with van der Waals surface area (Å²) in [6, 6.07) is 0. The molecule has 0 saturated heterocycles. The summed E-state index contributed by atoms with van der Waals surface area (Å²) in [4.78, 5) is 0. The molecule has 16 heavy (non-hydrogen) atoms. The summed E-state index contributed by atoms with van der Waals surface area (Å²) in [5.74, 6) is 0. The summed E-state index contributed by atoms with van der Waals surface area (Å²) < 4.78 is 5.62. The van der Waals surface area contributed by atoms with E-state index >= 15 is 0 Å². The fourth-order valence-electron chi connectivity index (χ4n) is 2.17. The lowest BCUT2D eigenvalue weighted by Crippen LogP contribution is -2.44. The molecule has 0 unspecified atom stereocenters. The smallest absolute Gasteiger partial charge is 0.0646 e. The molecule has 0 radical (unpaired) electrons. The Balaban J connectivity index is 2.19. The zero-order chi connectivity index (χ0) is 12.1. The van der Waals surface area contributed by atoms with Crippen molar-refractivity contribution >= 4 is 0 Å². The molecular weight excluding hydrogens is 202 g/mol. The van der Waals surface area contributed by atoms with E-state index in [0.717, 1.165) is 12.8 Å². The molecule has 0 aromatic heterocycles. The first-order valence-corrected chi connectivity index (χ1v) is 6.50. The highest BCUT2D eigenvalue weighted by atomic mass is 16.5. The minimum absolute atomic E-state index is 0.115. The van der Waals surface area contributed by atoms with Crippen LogP contribution in [0.25, 0.3) is 0 Å². The number of hydrogen-bond acceptors (Lipinski definition) is 3. The maximum absolute atomic E-state index is 9.55. The summed E-state index contributed by atoms with van der Waals surface area (Å²) in [6.07, 6.45) is 7.90. The highest BCUT2D eigenvalue weighted by Crippen LogP contribution is 2.25. The van der Waals surface area contributed by atoms with Gasteiger partial charge in [-0.2, -0.15) is 0 Å². The molecule has 3 N–H and O–H groups in total. The second-order valence-corrected chi connectivity index (χ2v) is 5.89. The highest BCUT2D eigenvalue weighted by molar-refractivity contribution is 4.85. The molecule has 1 fully saturated rings. The van der Waals surface area contributed by atoms with E-state index in [1.807, 2.05) is 0 Å². The zero-order valence-corrected chi connectivity index (χ0v) is 10.8. The number of ether oxygens (including phenoxy) is 1. The average Bonchev–Trinajstić information content (AvgIpc) is 2.37. The van der Waals surface area contributed by atoms with Gasteiger partial charge in [-0.15, -0.1) is 0 Å². The monoisotopic (exact) mass is 229 g/mol. The van der Waals surface area contributed by atoms with Crippen LogP contribution in [0, 0.1) is 0 Å². The van der Waals surface area contributed by atoms with Gasteiger partial charge in [0, 0.05) is 12.1 Å². The van der Waals surface area contributed by atoms with Crippen LogP contribution in [0.15, 0.2) is 0 Å². The Morgan fingerprint density at radius 3 is 2.25 bits per heavy atom. The first kappa shape index (κ1) is 13.9. The SMILES string of the molecule is CC(C)(O)CCOCC1(N)CCCCCC1. The Labute approximate surface area is 99.4 Å². The minimum atomic E-state index is -0.634. The summed E-state index contributed by atoms with van der Waals surface area (Å²) in [7, 11) is 0. The lowest BCUT2D eigenvalue weighted by Gasteiger charge is -2.28. The van der Waals surface area contributed by atoms with Crippen molar-refractivity contribution in [3.05, 3.63) is 0 Å². The quantitative estimate of drug-likeness (QED) is 0.561. The first-order valence-electron chi connectivity index (χ1n) is 6.50. The Hall–Kier alpha value is -0.120. The van der Waals surface area contributed by atoms with Crippen LogP contribution in [0.2, 0.25) is 0 Å². The first-order chi connectivity index (χ1) is 7.41. The third-order valence-corrected chi connectivity index (χ3v) is 3.35. The normalized spacial score (nSPS) is 21.8. The van der Waals surface area contributed by atoms with Crippen LogP contribution in [0.3, 0.4) is 0 Å². The van der Waals surface area contributed by atoms with Crippen LogP contribution in [0.5, 0.6) is 0 Å². The van der Waals surface area contributed by atoms with E-state index in [-0.39, 0.29) is 5.54 Å². The molecule has 0 bridgehead atoms. The summed E-state index contributed by atoms with van der Waals surface area (Å²) in [5, 5.41) is 9.55. The number of nitrogens with two attached hydrogens (primary N) is 1. The average molecular weight is 229 g/mol. The molecule has 1 rings (SSSR count). The van der Waals surface area contributed by atoms with Gasteiger partial charge in [0.1, 0.15) is 0 Å². The summed E-state index contributed by atoms with van der Waals surface area (Å²) in [6.45, 7) is 4.85. The lowest BCUT2D eigenvalue weighted by molar-refractivity contribution is 0.0131. The molecule has 1 aliphatic rings. The fourth-order valence-corrected chi connectivity index (χ4v) is 2.17. The van der Waals surface area contributed by atoms with Crippen molar-refractivity contribution in [2.45, 2.75) is 69.9 Å². The molecule has 1 saturated carbocycles. The molecule has 0 aliphatic heterocycles. The van der Waals surface area contributed by atoms with E-state index in [1.54, 1.807) is 13.8 Å². The fraction of sp³-hybridized carbons (Fsp3) is 1.00. The van der Waals surface area contributed by atoms with Gasteiger partial charge >= 0.3 is 0 Å². The van der Waals surface area contributed by atoms with Crippen molar-refractivity contribution in [2.24, 2.45) is 5.73 Å². The van der Waals surface area contributed by atoms with Crippen LogP contribution in [0.4, 0.5) is 0 Å². The van der Waals surface area contributed by atoms with Crippen LogP contribution in [-0.2, 0) is 4.74 Å². The van der Waals surface area contributed by atoms with Crippen molar-refractivity contribution in [3.8, 4) is 0 Å². The van der Waals surface area contributed by atoms with Crippen molar-refractivity contribution < 1.29 is 9.84 Å². The Morgan fingerprint density at radius 2 is 1.75 bits per heavy atom. The third kappa shape index (κ3) is 5.83. The van der Waals surface area contributed by atoms with Crippen molar-refractivity contribution in [1.82, 2.24) is 0 Å². The molecule has 3 heteroatoms. The second kappa shape index (κ2) is 5.99. The molecular formula is C13H27NO2.